The molecule has 0 bridgehead atoms. The Kier molecular flexibility index (Phi) is 3.40. The van der Waals surface area contributed by atoms with Gasteiger partial charge in [0.15, 0.2) is 5.82 Å². The zero-order valence-corrected chi connectivity index (χ0v) is 12.8. The van der Waals surface area contributed by atoms with Crippen molar-refractivity contribution in [1.82, 2.24) is 15.1 Å². The van der Waals surface area contributed by atoms with Crippen molar-refractivity contribution in [3.8, 4) is 0 Å². The van der Waals surface area contributed by atoms with Crippen LogP contribution in [0.1, 0.15) is 11.7 Å². The van der Waals surface area contributed by atoms with Crippen molar-refractivity contribution in [3.63, 3.8) is 0 Å². The van der Waals surface area contributed by atoms with E-state index >= 15 is 0 Å². The molecule has 0 unspecified atom stereocenters. The van der Waals surface area contributed by atoms with Crippen LogP contribution in [0.4, 0.5) is 5.69 Å². The highest BCUT2D eigenvalue weighted by Crippen LogP contribution is 2.27. The van der Waals surface area contributed by atoms with E-state index in [0.29, 0.717) is 18.3 Å². The summed E-state index contributed by atoms with van der Waals surface area (Å²) in [5.41, 5.74) is 2.04. The Morgan fingerprint density at radius 1 is 1.30 bits per heavy atom. The van der Waals surface area contributed by atoms with Crippen molar-refractivity contribution in [2.24, 2.45) is 0 Å². The third-order valence-corrected chi connectivity index (χ3v) is 3.53. The number of halogens is 1. The second-order valence-corrected chi connectivity index (χ2v) is 5.49. The average molecular weight is 333 g/mol. The van der Waals surface area contributed by atoms with E-state index in [2.05, 4.69) is 42.0 Å². The van der Waals surface area contributed by atoms with Gasteiger partial charge in [-0.15, -0.1) is 0 Å². The van der Waals surface area contributed by atoms with Crippen LogP contribution in [0.15, 0.2) is 39.5 Å². The van der Waals surface area contributed by atoms with E-state index in [1.165, 1.54) is 0 Å². The lowest BCUT2D eigenvalue weighted by molar-refractivity contribution is 0.387. The first-order chi connectivity index (χ1) is 9.63. The standard InChI is InChI=1S/C14H13BrN4O/c1-9-17-14(18-20-9)8-19(2)13-5-6-16-12-4-3-10(15)7-11(12)13/h3-7H,8H2,1-2H3. The van der Waals surface area contributed by atoms with Gasteiger partial charge in [-0.2, -0.15) is 4.98 Å². The molecular formula is C14H13BrN4O. The Bertz CT molecular complexity index is 756. The fraction of sp³-hybridized carbons (Fsp3) is 0.214. The Morgan fingerprint density at radius 2 is 2.15 bits per heavy atom. The van der Waals surface area contributed by atoms with Gasteiger partial charge in [-0.25, -0.2) is 0 Å². The fourth-order valence-corrected chi connectivity index (χ4v) is 2.50. The van der Waals surface area contributed by atoms with Gasteiger partial charge < -0.3 is 9.42 Å². The summed E-state index contributed by atoms with van der Waals surface area (Å²) in [5, 5.41) is 5.01. The van der Waals surface area contributed by atoms with E-state index in [1.807, 2.05) is 31.4 Å². The molecule has 0 spiro atoms. The molecule has 0 aliphatic rings. The molecule has 20 heavy (non-hydrogen) atoms. The summed E-state index contributed by atoms with van der Waals surface area (Å²) in [6.45, 7) is 2.37. The van der Waals surface area contributed by atoms with Gasteiger partial charge in [-0.1, -0.05) is 21.1 Å². The normalized spacial score (nSPS) is 10.9. The predicted molar refractivity (Wildman–Crippen MR) is 80.6 cm³/mol. The summed E-state index contributed by atoms with van der Waals surface area (Å²) in [7, 11) is 2.00. The van der Waals surface area contributed by atoms with Crippen molar-refractivity contribution in [2.45, 2.75) is 13.5 Å². The first kappa shape index (κ1) is 13.1. The van der Waals surface area contributed by atoms with Gasteiger partial charge in [0.25, 0.3) is 0 Å². The Labute approximate surface area is 124 Å². The maximum atomic E-state index is 5.00. The highest BCUT2D eigenvalue weighted by atomic mass is 79.9. The number of pyridine rings is 1. The van der Waals surface area contributed by atoms with Crippen LogP contribution in [0.2, 0.25) is 0 Å². The highest BCUT2D eigenvalue weighted by molar-refractivity contribution is 9.10. The lowest BCUT2D eigenvalue weighted by Crippen LogP contribution is -2.17. The maximum absolute atomic E-state index is 5.00. The largest absolute Gasteiger partial charge is 0.366 e. The van der Waals surface area contributed by atoms with Crippen LogP contribution in [0.3, 0.4) is 0 Å². The molecule has 0 radical (unpaired) electrons. The maximum Gasteiger partial charge on any atom is 0.223 e. The van der Waals surface area contributed by atoms with Crippen molar-refractivity contribution < 1.29 is 4.52 Å². The number of anilines is 1. The van der Waals surface area contributed by atoms with Gasteiger partial charge in [0.1, 0.15) is 0 Å². The second kappa shape index (κ2) is 5.20. The van der Waals surface area contributed by atoms with E-state index in [0.717, 1.165) is 21.1 Å². The van der Waals surface area contributed by atoms with E-state index < -0.39 is 0 Å². The zero-order chi connectivity index (χ0) is 14.1. The van der Waals surface area contributed by atoms with Crippen LogP contribution in [0.25, 0.3) is 10.9 Å². The minimum absolute atomic E-state index is 0.579. The molecule has 0 amide bonds. The molecule has 0 N–H and O–H groups in total. The molecule has 0 saturated heterocycles. The Hall–Kier alpha value is -1.95. The average Bonchev–Trinajstić information content (AvgIpc) is 2.83. The van der Waals surface area contributed by atoms with Crippen molar-refractivity contribution in [2.75, 3.05) is 11.9 Å². The van der Waals surface area contributed by atoms with E-state index in [-0.39, 0.29) is 0 Å². The van der Waals surface area contributed by atoms with Gasteiger partial charge in [0.2, 0.25) is 5.89 Å². The first-order valence-electron chi connectivity index (χ1n) is 6.18. The molecule has 0 atom stereocenters. The van der Waals surface area contributed by atoms with Gasteiger partial charge in [0.05, 0.1) is 12.1 Å². The fourth-order valence-electron chi connectivity index (χ4n) is 2.14. The molecular weight excluding hydrogens is 320 g/mol. The molecule has 3 rings (SSSR count). The van der Waals surface area contributed by atoms with Crippen molar-refractivity contribution >= 4 is 32.5 Å². The third kappa shape index (κ3) is 2.51. The molecule has 102 valence electrons. The number of rotatable bonds is 3. The van der Waals surface area contributed by atoms with Crippen LogP contribution in [0, 0.1) is 6.92 Å². The Morgan fingerprint density at radius 3 is 2.90 bits per heavy atom. The quantitative estimate of drug-likeness (QED) is 0.736. The summed E-state index contributed by atoms with van der Waals surface area (Å²) in [6, 6.07) is 8.04. The van der Waals surface area contributed by atoms with Crippen LogP contribution >= 0.6 is 15.9 Å². The van der Waals surface area contributed by atoms with Gasteiger partial charge in [-0.3, -0.25) is 4.98 Å². The molecule has 3 aromatic rings. The highest BCUT2D eigenvalue weighted by Gasteiger charge is 2.11. The van der Waals surface area contributed by atoms with Gasteiger partial charge in [0, 0.05) is 35.7 Å². The summed E-state index contributed by atoms with van der Waals surface area (Å²) < 4.78 is 6.03. The zero-order valence-electron chi connectivity index (χ0n) is 11.2. The smallest absolute Gasteiger partial charge is 0.223 e. The molecule has 0 fully saturated rings. The van der Waals surface area contributed by atoms with E-state index in [1.54, 1.807) is 6.92 Å². The molecule has 0 aliphatic heterocycles. The molecule has 0 aliphatic carbocycles. The summed E-state index contributed by atoms with van der Waals surface area (Å²) in [5.74, 6) is 1.25. The number of fused-ring (bicyclic) bond motifs is 1. The minimum Gasteiger partial charge on any atom is -0.366 e. The number of hydrogen-bond donors (Lipinski definition) is 0. The number of nitrogens with zero attached hydrogens (tertiary/aromatic N) is 4. The van der Waals surface area contributed by atoms with Crippen LogP contribution in [-0.2, 0) is 6.54 Å². The molecule has 1 aromatic carbocycles. The van der Waals surface area contributed by atoms with E-state index in [4.69, 9.17) is 4.52 Å². The third-order valence-electron chi connectivity index (χ3n) is 3.04. The predicted octanol–water partition coefficient (Wildman–Crippen LogP) is 3.33. The summed E-state index contributed by atoms with van der Waals surface area (Å²) >= 11 is 3.50. The van der Waals surface area contributed by atoms with Crippen LogP contribution in [-0.4, -0.2) is 22.2 Å². The van der Waals surface area contributed by atoms with Crippen molar-refractivity contribution in [3.05, 3.63) is 46.7 Å². The lowest BCUT2D eigenvalue weighted by Gasteiger charge is -2.19. The molecule has 2 heterocycles. The lowest BCUT2D eigenvalue weighted by atomic mass is 10.2. The molecule has 2 aromatic heterocycles. The van der Waals surface area contributed by atoms with Crippen LogP contribution < -0.4 is 4.90 Å². The SMILES string of the molecule is Cc1nc(CN(C)c2ccnc3ccc(Br)cc23)no1. The Balaban J connectivity index is 1.98. The van der Waals surface area contributed by atoms with Crippen molar-refractivity contribution in [1.29, 1.82) is 0 Å². The molecule has 0 saturated carbocycles. The monoisotopic (exact) mass is 332 g/mol. The minimum atomic E-state index is 0.579. The van der Waals surface area contributed by atoms with Gasteiger partial charge in [-0.05, 0) is 24.3 Å². The van der Waals surface area contributed by atoms with E-state index in [9.17, 15) is 0 Å². The molecule has 5 nitrogen and oxygen atoms in total. The first-order valence-corrected chi connectivity index (χ1v) is 6.97. The second-order valence-electron chi connectivity index (χ2n) is 4.58. The van der Waals surface area contributed by atoms with Crippen LogP contribution in [0.5, 0.6) is 0 Å². The summed E-state index contributed by atoms with van der Waals surface area (Å²) in [6.07, 6.45) is 1.81. The molecule has 6 heteroatoms. The number of aromatic nitrogens is 3. The summed E-state index contributed by atoms with van der Waals surface area (Å²) in [4.78, 5) is 10.7. The topological polar surface area (TPSA) is 55.1 Å². The number of hydrogen-bond acceptors (Lipinski definition) is 5. The number of aryl methyl sites for hydroxylation is 1. The van der Waals surface area contributed by atoms with Gasteiger partial charge >= 0.3 is 0 Å². The number of benzene rings is 1.